The molecule has 0 atom stereocenters. The minimum atomic E-state index is -3.92. The summed E-state index contributed by atoms with van der Waals surface area (Å²) in [5.74, 6) is -0.672. The Labute approximate surface area is 180 Å². The molecule has 162 valence electrons. The van der Waals surface area contributed by atoms with E-state index < -0.39 is 15.8 Å². The Bertz CT molecular complexity index is 1160. The van der Waals surface area contributed by atoms with Gasteiger partial charge in [0.2, 0.25) is 15.9 Å². The zero-order valence-corrected chi connectivity index (χ0v) is 17.6. The van der Waals surface area contributed by atoms with Gasteiger partial charge in [0.05, 0.1) is 12.7 Å². The second kappa shape index (κ2) is 8.99. The van der Waals surface area contributed by atoms with Crippen molar-refractivity contribution >= 4 is 21.7 Å². The largest absolute Gasteiger partial charge is 0.311 e. The van der Waals surface area contributed by atoms with Crippen LogP contribution in [0.25, 0.3) is 0 Å². The van der Waals surface area contributed by atoms with Gasteiger partial charge in [0.15, 0.2) is 0 Å². The van der Waals surface area contributed by atoms with E-state index in [1.54, 1.807) is 16.9 Å². The zero-order chi connectivity index (χ0) is 21.8. The molecule has 0 unspecified atom stereocenters. The lowest BCUT2D eigenvalue weighted by atomic mass is 9.97. The Morgan fingerprint density at radius 1 is 1.03 bits per heavy atom. The fourth-order valence-electron chi connectivity index (χ4n) is 3.70. The maximum Gasteiger partial charge on any atom is 0.245 e. The van der Waals surface area contributed by atoms with Crippen LogP contribution in [0.2, 0.25) is 0 Å². The molecule has 1 aliphatic heterocycles. The Kier molecular flexibility index (Phi) is 6.15. The van der Waals surface area contributed by atoms with Gasteiger partial charge in [-0.25, -0.2) is 17.5 Å². The average molecular weight is 443 g/mol. The highest BCUT2D eigenvalue weighted by Gasteiger charge is 2.33. The summed E-state index contributed by atoms with van der Waals surface area (Å²) in [4.78, 5) is 12.4. The third kappa shape index (κ3) is 4.67. The van der Waals surface area contributed by atoms with Gasteiger partial charge < -0.3 is 5.32 Å². The van der Waals surface area contributed by atoms with E-state index in [4.69, 9.17) is 0 Å². The highest BCUT2D eigenvalue weighted by atomic mass is 32.2. The molecule has 0 bridgehead atoms. The van der Waals surface area contributed by atoms with Gasteiger partial charge in [-0.2, -0.15) is 9.40 Å². The predicted octanol–water partition coefficient (Wildman–Crippen LogP) is 3.11. The summed E-state index contributed by atoms with van der Waals surface area (Å²) in [5.41, 5.74) is 1.06. The van der Waals surface area contributed by atoms with E-state index in [0.717, 1.165) is 11.6 Å². The van der Waals surface area contributed by atoms with Crippen molar-refractivity contribution in [1.82, 2.24) is 14.1 Å². The van der Waals surface area contributed by atoms with Crippen molar-refractivity contribution in [3.05, 3.63) is 78.2 Å². The minimum Gasteiger partial charge on any atom is -0.311 e. The van der Waals surface area contributed by atoms with Crippen LogP contribution in [0.4, 0.5) is 10.2 Å². The van der Waals surface area contributed by atoms with Gasteiger partial charge in [-0.1, -0.05) is 42.5 Å². The van der Waals surface area contributed by atoms with Gasteiger partial charge in [0.1, 0.15) is 16.5 Å². The van der Waals surface area contributed by atoms with Crippen LogP contribution in [-0.4, -0.2) is 41.5 Å². The van der Waals surface area contributed by atoms with Crippen LogP contribution < -0.4 is 5.32 Å². The van der Waals surface area contributed by atoms with E-state index in [9.17, 15) is 17.6 Å². The fraction of sp³-hybridized carbons (Fsp3) is 0.273. The number of rotatable bonds is 6. The molecule has 1 N–H and O–H groups in total. The standard InChI is InChI=1S/C22H23FN4O3S/c23-19-8-4-5-9-20(19)31(29,30)26-14-11-18(12-15-26)22(28)25-21-10-13-24-27(21)16-17-6-2-1-3-7-17/h1-10,13,18H,11-12,14-16H2,(H,25,28). The number of hydrogen-bond donors (Lipinski definition) is 1. The van der Waals surface area contributed by atoms with E-state index >= 15 is 0 Å². The van der Waals surface area contributed by atoms with Crippen molar-refractivity contribution in [3.63, 3.8) is 0 Å². The number of anilines is 1. The summed E-state index contributed by atoms with van der Waals surface area (Å²) < 4.78 is 42.4. The number of nitrogens with one attached hydrogen (secondary N) is 1. The van der Waals surface area contributed by atoms with Gasteiger partial charge in [-0.3, -0.25) is 4.79 Å². The van der Waals surface area contributed by atoms with Gasteiger partial charge >= 0.3 is 0 Å². The summed E-state index contributed by atoms with van der Waals surface area (Å²) >= 11 is 0. The molecule has 0 aliphatic carbocycles. The van der Waals surface area contributed by atoms with Crippen molar-refractivity contribution in [2.45, 2.75) is 24.3 Å². The maximum absolute atomic E-state index is 14.0. The molecule has 1 amide bonds. The molecular formula is C22H23FN4O3S. The van der Waals surface area contributed by atoms with E-state index in [-0.39, 0.29) is 29.8 Å². The summed E-state index contributed by atoms with van der Waals surface area (Å²) in [7, 11) is -3.92. The summed E-state index contributed by atoms with van der Waals surface area (Å²) in [6.07, 6.45) is 2.36. The smallest absolute Gasteiger partial charge is 0.245 e. The predicted molar refractivity (Wildman–Crippen MR) is 114 cm³/mol. The number of carbonyl (C=O) groups is 1. The van der Waals surface area contributed by atoms with Crippen LogP contribution in [0.15, 0.2) is 71.8 Å². The molecule has 1 saturated heterocycles. The minimum absolute atomic E-state index is 0.165. The number of carbonyl (C=O) groups excluding carboxylic acids is 1. The lowest BCUT2D eigenvalue weighted by molar-refractivity contribution is -0.121. The quantitative estimate of drug-likeness (QED) is 0.636. The number of sulfonamides is 1. The number of halogens is 1. The Hall–Kier alpha value is -3.04. The number of nitrogens with zero attached hydrogens (tertiary/aromatic N) is 3. The summed E-state index contributed by atoms with van der Waals surface area (Å²) in [6.45, 7) is 0.860. The van der Waals surface area contributed by atoms with Crippen molar-refractivity contribution < 1.29 is 17.6 Å². The first-order chi connectivity index (χ1) is 14.9. The van der Waals surface area contributed by atoms with Gasteiger partial charge in [-0.05, 0) is 30.5 Å². The van der Waals surface area contributed by atoms with Crippen LogP contribution in [0, 0.1) is 11.7 Å². The Morgan fingerprint density at radius 3 is 2.42 bits per heavy atom. The molecule has 1 aromatic heterocycles. The molecule has 1 aliphatic rings. The van der Waals surface area contributed by atoms with Crippen LogP contribution in [-0.2, 0) is 21.4 Å². The fourth-order valence-corrected chi connectivity index (χ4v) is 5.24. The van der Waals surface area contributed by atoms with Crippen molar-refractivity contribution in [3.8, 4) is 0 Å². The van der Waals surface area contributed by atoms with Crippen molar-refractivity contribution in [2.24, 2.45) is 5.92 Å². The molecule has 3 aromatic rings. The number of aromatic nitrogens is 2. The first-order valence-electron chi connectivity index (χ1n) is 10.1. The molecule has 4 rings (SSSR count). The number of benzene rings is 2. The van der Waals surface area contributed by atoms with Crippen molar-refractivity contribution in [2.75, 3.05) is 18.4 Å². The maximum atomic E-state index is 14.0. The molecule has 2 aromatic carbocycles. The molecule has 0 saturated carbocycles. The molecule has 9 heteroatoms. The molecule has 31 heavy (non-hydrogen) atoms. The first-order valence-corrected chi connectivity index (χ1v) is 11.5. The highest BCUT2D eigenvalue weighted by molar-refractivity contribution is 7.89. The highest BCUT2D eigenvalue weighted by Crippen LogP contribution is 2.26. The van der Waals surface area contributed by atoms with Gasteiger partial charge in [-0.15, -0.1) is 0 Å². The molecule has 7 nitrogen and oxygen atoms in total. The van der Waals surface area contributed by atoms with E-state index in [1.165, 1.54) is 22.5 Å². The molecule has 2 heterocycles. The number of hydrogen-bond acceptors (Lipinski definition) is 4. The topological polar surface area (TPSA) is 84.3 Å². The monoisotopic (exact) mass is 442 g/mol. The molecular weight excluding hydrogens is 419 g/mol. The van der Waals surface area contributed by atoms with E-state index in [0.29, 0.717) is 25.2 Å². The summed E-state index contributed by atoms with van der Waals surface area (Å²) in [6, 6.07) is 16.9. The SMILES string of the molecule is O=C(Nc1ccnn1Cc1ccccc1)C1CCN(S(=O)(=O)c2ccccc2F)CC1. The second-order valence-electron chi connectivity index (χ2n) is 7.46. The number of piperidine rings is 1. The zero-order valence-electron chi connectivity index (χ0n) is 16.8. The van der Waals surface area contributed by atoms with E-state index in [1.807, 2.05) is 30.3 Å². The van der Waals surface area contributed by atoms with Crippen LogP contribution >= 0.6 is 0 Å². The lowest BCUT2D eigenvalue weighted by Crippen LogP contribution is -2.41. The summed E-state index contributed by atoms with van der Waals surface area (Å²) in [5, 5.41) is 7.18. The Morgan fingerprint density at radius 2 is 1.71 bits per heavy atom. The normalized spacial score (nSPS) is 15.6. The number of amides is 1. The van der Waals surface area contributed by atoms with Crippen molar-refractivity contribution in [1.29, 1.82) is 0 Å². The third-order valence-corrected chi connectivity index (χ3v) is 7.35. The molecule has 1 fully saturated rings. The van der Waals surface area contributed by atoms with Crippen LogP contribution in [0.1, 0.15) is 18.4 Å². The van der Waals surface area contributed by atoms with Gasteiger partial charge in [0.25, 0.3) is 0 Å². The van der Waals surface area contributed by atoms with Crippen LogP contribution in [0.5, 0.6) is 0 Å². The molecule has 0 spiro atoms. The van der Waals surface area contributed by atoms with Gasteiger partial charge in [0, 0.05) is 25.1 Å². The second-order valence-corrected chi connectivity index (χ2v) is 9.36. The average Bonchev–Trinajstić information content (AvgIpc) is 3.21. The third-order valence-electron chi connectivity index (χ3n) is 5.42. The molecule has 0 radical (unpaired) electrons. The Balaban J connectivity index is 1.37. The van der Waals surface area contributed by atoms with E-state index in [2.05, 4.69) is 10.4 Å². The lowest BCUT2D eigenvalue weighted by Gasteiger charge is -2.30. The first kappa shape index (κ1) is 21.2. The van der Waals surface area contributed by atoms with Crippen LogP contribution in [0.3, 0.4) is 0 Å².